The van der Waals surface area contributed by atoms with Gasteiger partial charge in [0.1, 0.15) is 0 Å². The molecule has 0 amide bonds. The lowest BCUT2D eigenvalue weighted by Gasteiger charge is -2.39. The van der Waals surface area contributed by atoms with Gasteiger partial charge >= 0.3 is 0 Å². The van der Waals surface area contributed by atoms with Gasteiger partial charge in [0.15, 0.2) is 0 Å². The maximum Gasteiger partial charge on any atom is 0.0452 e. The maximum absolute atomic E-state index is 6.19. The molecule has 1 fully saturated rings. The van der Waals surface area contributed by atoms with Crippen LogP contribution in [-0.2, 0) is 6.54 Å². The molecule has 1 aliphatic heterocycles. The van der Waals surface area contributed by atoms with E-state index in [9.17, 15) is 0 Å². The summed E-state index contributed by atoms with van der Waals surface area (Å²) < 4.78 is 0. The van der Waals surface area contributed by atoms with Gasteiger partial charge in [-0.15, -0.1) is 0 Å². The molecular formula is C13H18Cl2N2. The monoisotopic (exact) mass is 272 g/mol. The summed E-state index contributed by atoms with van der Waals surface area (Å²) in [6.07, 6.45) is 0. The summed E-state index contributed by atoms with van der Waals surface area (Å²) in [5.41, 5.74) is 1.28. The number of nitrogens with zero attached hydrogens (tertiary/aromatic N) is 1. The Labute approximate surface area is 113 Å². The Hall–Kier alpha value is -0.280. The number of hydrogen-bond acceptors (Lipinski definition) is 2. The standard InChI is InChI=1S/C13H18Cl2N2/c1-13(2)9-17(6-5-16-13)8-10-7-11(14)3-4-12(10)15/h3-4,7,16H,5-6,8-9H2,1-2H3. The quantitative estimate of drug-likeness (QED) is 0.890. The van der Waals surface area contributed by atoms with Crippen molar-refractivity contribution in [3.63, 3.8) is 0 Å². The summed E-state index contributed by atoms with van der Waals surface area (Å²) in [6, 6.07) is 5.65. The highest BCUT2D eigenvalue weighted by Crippen LogP contribution is 2.23. The van der Waals surface area contributed by atoms with Crippen molar-refractivity contribution >= 4 is 23.2 Å². The lowest BCUT2D eigenvalue weighted by molar-refractivity contribution is 0.148. The van der Waals surface area contributed by atoms with Gasteiger partial charge in [-0.25, -0.2) is 0 Å². The lowest BCUT2D eigenvalue weighted by Crippen LogP contribution is -2.56. The molecule has 0 saturated carbocycles. The number of benzene rings is 1. The molecule has 0 aromatic heterocycles. The van der Waals surface area contributed by atoms with Crippen molar-refractivity contribution in [2.45, 2.75) is 25.9 Å². The van der Waals surface area contributed by atoms with E-state index in [2.05, 4.69) is 24.1 Å². The van der Waals surface area contributed by atoms with E-state index in [1.807, 2.05) is 18.2 Å². The normalized spacial score (nSPS) is 20.5. The zero-order valence-corrected chi connectivity index (χ0v) is 11.8. The molecule has 0 radical (unpaired) electrons. The topological polar surface area (TPSA) is 15.3 Å². The first-order valence-electron chi connectivity index (χ1n) is 5.88. The van der Waals surface area contributed by atoms with Crippen LogP contribution in [0, 0.1) is 0 Å². The van der Waals surface area contributed by atoms with Gasteiger partial charge in [0.2, 0.25) is 0 Å². The predicted octanol–water partition coefficient (Wildman–Crippen LogP) is 3.18. The summed E-state index contributed by atoms with van der Waals surface area (Å²) in [5.74, 6) is 0. The Morgan fingerprint density at radius 3 is 2.82 bits per heavy atom. The third kappa shape index (κ3) is 3.59. The smallest absolute Gasteiger partial charge is 0.0452 e. The van der Waals surface area contributed by atoms with E-state index in [0.717, 1.165) is 41.8 Å². The van der Waals surface area contributed by atoms with Crippen LogP contribution in [0.5, 0.6) is 0 Å². The van der Waals surface area contributed by atoms with Crippen molar-refractivity contribution in [2.75, 3.05) is 19.6 Å². The fourth-order valence-corrected chi connectivity index (χ4v) is 2.66. The summed E-state index contributed by atoms with van der Waals surface area (Å²) in [4.78, 5) is 2.41. The van der Waals surface area contributed by atoms with Gasteiger partial charge in [0, 0.05) is 41.8 Å². The van der Waals surface area contributed by atoms with Crippen molar-refractivity contribution < 1.29 is 0 Å². The molecular weight excluding hydrogens is 255 g/mol. The predicted molar refractivity (Wildman–Crippen MR) is 73.8 cm³/mol. The van der Waals surface area contributed by atoms with Crippen molar-refractivity contribution in [3.05, 3.63) is 33.8 Å². The van der Waals surface area contributed by atoms with Crippen LogP contribution >= 0.6 is 23.2 Å². The molecule has 2 nitrogen and oxygen atoms in total. The number of halogens is 2. The average Bonchev–Trinajstić information content (AvgIpc) is 2.22. The first-order valence-corrected chi connectivity index (χ1v) is 6.63. The van der Waals surface area contributed by atoms with Crippen molar-refractivity contribution in [1.29, 1.82) is 0 Å². The van der Waals surface area contributed by atoms with E-state index < -0.39 is 0 Å². The highest BCUT2D eigenvalue weighted by Gasteiger charge is 2.25. The molecule has 94 valence electrons. The Morgan fingerprint density at radius 2 is 2.12 bits per heavy atom. The summed E-state index contributed by atoms with van der Waals surface area (Å²) in [6.45, 7) is 8.40. The lowest BCUT2D eigenvalue weighted by atomic mass is 10.0. The Morgan fingerprint density at radius 1 is 1.35 bits per heavy atom. The molecule has 0 bridgehead atoms. The van der Waals surface area contributed by atoms with E-state index in [1.165, 1.54) is 0 Å². The molecule has 0 spiro atoms. The highest BCUT2D eigenvalue weighted by atomic mass is 35.5. The average molecular weight is 273 g/mol. The molecule has 2 rings (SSSR count). The van der Waals surface area contributed by atoms with Crippen molar-refractivity contribution in [2.24, 2.45) is 0 Å². The molecule has 1 aliphatic rings. The van der Waals surface area contributed by atoms with Crippen LogP contribution in [0.15, 0.2) is 18.2 Å². The number of nitrogens with one attached hydrogen (secondary N) is 1. The Balaban J connectivity index is 2.07. The second-order valence-corrected chi connectivity index (χ2v) is 6.10. The van der Waals surface area contributed by atoms with Gasteiger partial charge in [-0.05, 0) is 37.6 Å². The molecule has 0 unspecified atom stereocenters. The second-order valence-electron chi connectivity index (χ2n) is 5.26. The van der Waals surface area contributed by atoms with Gasteiger partial charge in [0.05, 0.1) is 0 Å². The van der Waals surface area contributed by atoms with E-state index in [-0.39, 0.29) is 5.54 Å². The minimum Gasteiger partial charge on any atom is -0.309 e. The largest absolute Gasteiger partial charge is 0.309 e. The third-order valence-corrected chi connectivity index (χ3v) is 3.66. The SMILES string of the molecule is CC1(C)CN(Cc2cc(Cl)ccc2Cl)CCN1. The van der Waals surface area contributed by atoms with Gasteiger partial charge in [0.25, 0.3) is 0 Å². The minimum atomic E-state index is 0.170. The van der Waals surface area contributed by atoms with E-state index >= 15 is 0 Å². The van der Waals surface area contributed by atoms with E-state index in [4.69, 9.17) is 23.2 Å². The van der Waals surface area contributed by atoms with Gasteiger partial charge in [-0.2, -0.15) is 0 Å². The van der Waals surface area contributed by atoms with Crippen LogP contribution in [0.4, 0.5) is 0 Å². The highest BCUT2D eigenvalue weighted by molar-refractivity contribution is 6.33. The molecule has 4 heteroatoms. The summed E-state index contributed by atoms with van der Waals surface area (Å²) >= 11 is 12.2. The van der Waals surface area contributed by atoms with Crippen LogP contribution < -0.4 is 5.32 Å². The Bertz CT molecular complexity index is 404. The van der Waals surface area contributed by atoms with Gasteiger partial charge < -0.3 is 5.32 Å². The van der Waals surface area contributed by atoms with Crippen LogP contribution in [0.2, 0.25) is 10.0 Å². The van der Waals surface area contributed by atoms with Crippen molar-refractivity contribution in [3.8, 4) is 0 Å². The van der Waals surface area contributed by atoms with Gasteiger partial charge in [-0.3, -0.25) is 4.90 Å². The van der Waals surface area contributed by atoms with Gasteiger partial charge in [-0.1, -0.05) is 23.2 Å². The molecule has 1 saturated heterocycles. The zero-order valence-electron chi connectivity index (χ0n) is 10.3. The summed E-state index contributed by atoms with van der Waals surface area (Å²) in [7, 11) is 0. The van der Waals surface area contributed by atoms with Crippen LogP contribution in [0.3, 0.4) is 0 Å². The maximum atomic E-state index is 6.19. The van der Waals surface area contributed by atoms with Crippen LogP contribution in [-0.4, -0.2) is 30.1 Å². The van der Waals surface area contributed by atoms with Crippen LogP contribution in [0.1, 0.15) is 19.4 Å². The molecule has 0 aliphatic carbocycles. The molecule has 1 heterocycles. The fraction of sp³-hybridized carbons (Fsp3) is 0.538. The first kappa shape index (κ1) is 13.2. The summed E-state index contributed by atoms with van der Waals surface area (Å²) in [5, 5.41) is 5.05. The number of piperazine rings is 1. The first-order chi connectivity index (χ1) is 7.96. The third-order valence-electron chi connectivity index (χ3n) is 3.05. The zero-order chi connectivity index (χ0) is 12.5. The molecule has 1 N–H and O–H groups in total. The molecule has 0 atom stereocenters. The van der Waals surface area contributed by atoms with Crippen molar-refractivity contribution in [1.82, 2.24) is 10.2 Å². The molecule has 1 aromatic carbocycles. The van der Waals surface area contributed by atoms with Crippen LogP contribution in [0.25, 0.3) is 0 Å². The molecule has 1 aromatic rings. The second kappa shape index (κ2) is 5.15. The van der Waals surface area contributed by atoms with E-state index in [1.54, 1.807) is 0 Å². The molecule has 17 heavy (non-hydrogen) atoms. The number of rotatable bonds is 2. The minimum absolute atomic E-state index is 0.170. The Kier molecular flexibility index (Phi) is 3.99. The fourth-order valence-electron chi connectivity index (χ4n) is 2.29. The number of hydrogen-bond donors (Lipinski definition) is 1. The van der Waals surface area contributed by atoms with E-state index in [0.29, 0.717) is 0 Å².